The van der Waals surface area contributed by atoms with Crippen molar-refractivity contribution < 1.29 is 4.79 Å². The lowest BCUT2D eigenvalue weighted by Gasteiger charge is -2.12. The van der Waals surface area contributed by atoms with Gasteiger partial charge in [-0.2, -0.15) is 0 Å². The number of benzene rings is 2. The van der Waals surface area contributed by atoms with E-state index in [1.807, 2.05) is 56.3 Å². The Morgan fingerprint density at radius 3 is 2.53 bits per heavy atom. The van der Waals surface area contributed by atoms with Crippen LogP contribution in [0.3, 0.4) is 0 Å². The molecule has 0 saturated heterocycles. The van der Waals surface area contributed by atoms with Crippen molar-refractivity contribution in [1.29, 1.82) is 0 Å². The fourth-order valence-electron chi connectivity index (χ4n) is 1.84. The molecular formula is C15H16N2OS. The van der Waals surface area contributed by atoms with Gasteiger partial charge in [-0.25, -0.2) is 0 Å². The summed E-state index contributed by atoms with van der Waals surface area (Å²) < 4.78 is 0. The summed E-state index contributed by atoms with van der Waals surface area (Å²) >= 11 is 5.12. The summed E-state index contributed by atoms with van der Waals surface area (Å²) in [6.45, 7) is 3.80. The summed E-state index contributed by atoms with van der Waals surface area (Å²) in [5.41, 5.74) is 0.849. The third-order valence-electron chi connectivity index (χ3n) is 2.66. The van der Waals surface area contributed by atoms with E-state index < -0.39 is 0 Å². The maximum absolute atomic E-state index is 11.8. The number of fused-ring (bicyclic) bond motifs is 1. The van der Waals surface area contributed by atoms with Crippen LogP contribution in [0.1, 0.15) is 13.8 Å². The van der Waals surface area contributed by atoms with E-state index >= 15 is 0 Å². The lowest BCUT2D eigenvalue weighted by Crippen LogP contribution is -2.38. The van der Waals surface area contributed by atoms with Crippen LogP contribution in [0.5, 0.6) is 0 Å². The molecule has 0 radical (unpaired) electrons. The Hall–Kier alpha value is -1.94. The molecule has 2 aromatic rings. The maximum atomic E-state index is 11.8. The Labute approximate surface area is 118 Å². The van der Waals surface area contributed by atoms with Gasteiger partial charge in [-0.15, -0.1) is 0 Å². The molecule has 2 rings (SSSR count). The third-order valence-corrected chi connectivity index (χ3v) is 2.95. The van der Waals surface area contributed by atoms with E-state index in [9.17, 15) is 4.79 Å². The van der Waals surface area contributed by atoms with Crippen LogP contribution in [0.25, 0.3) is 10.8 Å². The van der Waals surface area contributed by atoms with Gasteiger partial charge >= 0.3 is 0 Å². The highest BCUT2D eigenvalue weighted by Gasteiger charge is 2.11. The molecule has 0 atom stereocenters. The average molecular weight is 272 g/mol. The molecule has 1 amide bonds. The average Bonchev–Trinajstić information content (AvgIpc) is 2.38. The van der Waals surface area contributed by atoms with Gasteiger partial charge in [0.05, 0.1) is 0 Å². The van der Waals surface area contributed by atoms with Crippen molar-refractivity contribution >= 4 is 39.6 Å². The van der Waals surface area contributed by atoms with E-state index in [2.05, 4.69) is 10.6 Å². The first-order valence-electron chi connectivity index (χ1n) is 6.17. The standard InChI is InChI=1S/C15H16N2OS/c1-10(2)16-14(18)15(19)17-13-9-5-7-11-6-3-4-8-12(11)13/h3-10H,1-2H3,(H,16,18)(H,17,19). The van der Waals surface area contributed by atoms with Gasteiger partial charge in [0.25, 0.3) is 5.91 Å². The van der Waals surface area contributed by atoms with Crippen molar-refractivity contribution in [3.05, 3.63) is 42.5 Å². The van der Waals surface area contributed by atoms with Gasteiger partial charge < -0.3 is 10.6 Å². The summed E-state index contributed by atoms with van der Waals surface area (Å²) in [5, 5.41) is 7.93. The summed E-state index contributed by atoms with van der Waals surface area (Å²) in [6.07, 6.45) is 0. The number of nitrogens with one attached hydrogen (secondary N) is 2. The molecule has 0 aliphatic rings. The number of carbonyl (C=O) groups excluding carboxylic acids is 1. The van der Waals surface area contributed by atoms with Crippen molar-refractivity contribution in [1.82, 2.24) is 5.32 Å². The minimum absolute atomic E-state index is 0.0692. The molecule has 0 aromatic heterocycles. The topological polar surface area (TPSA) is 41.1 Å². The van der Waals surface area contributed by atoms with Crippen LogP contribution in [0.4, 0.5) is 5.69 Å². The van der Waals surface area contributed by atoms with Gasteiger partial charge in [-0.05, 0) is 25.3 Å². The fourth-order valence-corrected chi connectivity index (χ4v) is 2.01. The predicted octanol–water partition coefficient (Wildman–Crippen LogP) is 3.10. The second kappa shape index (κ2) is 5.80. The lowest BCUT2D eigenvalue weighted by atomic mass is 10.1. The van der Waals surface area contributed by atoms with E-state index in [1.165, 1.54) is 0 Å². The molecule has 0 saturated carbocycles. The molecule has 0 fully saturated rings. The number of rotatable bonds is 2. The largest absolute Gasteiger partial charge is 0.348 e. The van der Waals surface area contributed by atoms with E-state index in [0.29, 0.717) is 0 Å². The minimum atomic E-state index is -0.252. The number of anilines is 1. The van der Waals surface area contributed by atoms with Crippen molar-refractivity contribution in [2.45, 2.75) is 19.9 Å². The molecule has 0 heterocycles. The zero-order valence-corrected chi connectivity index (χ0v) is 11.8. The predicted molar refractivity (Wildman–Crippen MR) is 83.4 cm³/mol. The number of amides is 1. The Kier molecular flexibility index (Phi) is 4.12. The van der Waals surface area contributed by atoms with Crippen molar-refractivity contribution in [3.63, 3.8) is 0 Å². The molecule has 98 valence electrons. The molecule has 0 unspecified atom stereocenters. The number of hydrogen-bond donors (Lipinski definition) is 2. The molecule has 2 aromatic carbocycles. The van der Waals surface area contributed by atoms with Crippen molar-refractivity contribution in [3.8, 4) is 0 Å². The first-order chi connectivity index (χ1) is 9.08. The molecule has 0 spiro atoms. The van der Waals surface area contributed by atoms with Crippen LogP contribution in [-0.4, -0.2) is 16.9 Å². The van der Waals surface area contributed by atoms with Gasteiger partial charge in [0.2, 0.25) is 0 Å². The monoisotopic (exact) mass is 272 g/mol. The van der Waals surface area contributed by atoms with Crippen LogP contribution in [-0.2, 0) is 4.79 Å². The Bertz CT molecular complexity index is 617. The van der Waals surface area contributed by atoms with Gasteiger partial charge in [0.15, 0.2) is 4.99 Å². The molecule has 0 aliphatic carbocycles. The van der Waals surface area contributed by atoms with Crippen LogP contribution in [0, 0.1) is 0 Å². The summed E-state index contributed by atoms with van der Waals surface area (Å²) in [6, 6.07) is 13.9. The van der Waals surface area contributed by atoms with E-state index in [-0.39, 0.29) is 16.9 Å². The summed E-state index contributed by atoms with van der Waals surface area (Å²) in [7, 11) is 0. The van der Waals surface area contributed by atoms with Gasteiger partial charge in [-0.3, -0.25) is 4.79 Å². The summed E-state index contributed by atoms with van der Waals surface area (Å²) in [5.74, 6) is -0.252. The second-order valence-corrected chi connectivity index (χ2v) is 5.02. The van der Waals surface area contributed by atoms with Crippen LogP contribution in [0.2, 0.25) is 0 Å². The highest BCUT2D eigenvalue weighted by molar-refractivity contribution is 7.82. The Morgan fingerprint density at radius 2 is 1.79 bits per heavy atom. The maximum Gasteiger partial charge on any atom is 0.279 e. The quantitative estimate of drug-likeness (QED) is 0.825. The zero-order valence-electron chi connectivity index (χ0n) is 10.9. The lowest BCUT2D eigenvalue weighted by molar-refractivity contribution is -0.115. The number of hydrogen-bond acceptors (Lipinski definition) is 2. The smallest absolute Gasteiger partial charge is 0.279 e. The van der Waals surface area contributed by atoms with Crippen molar-refractivity contribution in [2.75, 3.05) is 5.32 Å². The Morgan fingerprint density at radius 1 is 1.11 bits per heavy atom. The number of thiocarbonyl (C=S) groups is 1. The van der Waals surface area contributed by atoms with E-state index in [4.69, 9.17) is 12.2 Å². The van der Waals surface area contributed by atoms with E-state index in [0.717, 1.165) is 16.5 Å². The molecule has 19 heavy (non-hydrogen) atoms. The molecule has 0 bridgehead atoms. The van der Waals surface area contributed by atoms with Gasteiger partial charge in [-0.1, -0.05) is 48.6 Å². The molecule has 0 aliphatic heterocycles. The van der Waals surface area contributed by atoms with Crippen molar-refractivity contribution in [2.24, 2.45) is 0 Å². The van der Waals surface area contributed by atoms with Crippen LogP contribution >= 0.6 is 12.2 Å². The van der Waals surface area contributed by atoms with Crippen LogP contribution < -0.4 is 10.6 Å². The van der Waals surface area contributed by atoms with Crippen LogP contribution in [0.15, 0.2) is 42.5 Å². The first kappa shape index (κ1) is 13.5. The normalized spacial score (nSPS) is 10.5. The van der Waals surface area contributed by atoms with Gasteiger partial charge in [0.1, 0.15) is 0 Å². The highest BCUT2D eigenvalue weighted by atomic mass is 32.1. The molecule has 2 N–H and O–H groups in total. The number of carbonyl (C=O) groups is 1. The highest BCUT2D eigenvalue weighted by Crippen LogP contribution is 2.22. The van der Waals surface area contributed by atoms with E-state index in [1.54, 1.807) is 0 Å². The third kappa shape index (κ3) is 3.29. The van der Waals surface area contributed by atoms with Gasteiger partial charge in [0, 0.05) is 17.1 Å². The minimum Gasteiger partial charge on any atom is -0.348 e. The molecular weight excluding hydrogens is 256 g/mol. The molecule has 4 heteroatoms. The summed E-state index contributed by atoms with van der Waals surface area (Å²) in [4.78, 5) is 12.0. The second-order valence-electron chi connectivity index (χ2n) is 4.61. The first-order valence-corrected chi connectivity index (χ1v) is 6.58. The molecule has 3 nitrogen and oxygen atoms in total. The Balaban J connectivity index is 2.22. The SMILES string of the molecule is CC(C)NC(=O)C(=S)Nc1cccc2ccccc12. The zero-order chi connectivity index (χ0) is 13.8. The fraction of sp³-hybridized carbons (Fsp3) is 0.200.